The molecule has 160 valence electrons. The Morgan fingerprint density at radius 2 is 1.77 bits per heavy atom. The Labute approximate surface area is 181 Å². The highest BCUT2D eigenvalue weighted by molar-refractivity contribution is 6.46. The fourth-order valence-corrected chi connectivity index (χ4v) is 4.13. The van der Waals surface area contributed by atoms with Crippen LogP contribution in [0.5, 0.6) is 0 Å². The lowest BCUT2D eigenvalue weighted by molar-refractivity contribution is -0.140. The molecule has 1 N–H and O–H groups in total. The van der Waals surface area contributed by atoms with Crippen LogP contribution in [0.1, 0.15) is 31.2 Å². The highest BCUT2D eigenvalue weighted by atomic mass is 16.3. The molecule has 31 heavy (non-hydrogen) atoms. The summed E-state index contributed by atoms with van der Waals surface area (Å²) in [5, 5.41) is 13.1. The van der Waals surface area contributed by atoms with E-state index in [2.05, 4.69) is 18.7 Å². The Morgan fingerprint density at radius 1 is 1.03 bits per heavy atom. The summed E-state index contributed by atoms with van der Waals surface area (Å²) in [6.45, 7) is 6.81. The van der Waals surface area contributed by atoms with E-state index in [9.17, 15) is 14.7 Å². The second-order valence-electron chi connectivity index (χ2n) is 7.60. The van der Waals surface area contributed by atoms with Crippen molar-refractivity contribution in [2.45, 2.75) is 19.9 Å². The van der Waals surface area contributed by atoms with Crippen LogP contribution in [0, 0.1) is 0 Å². The minimum Gasteiger partial charge on any atom is -0.507 e. The zero-order chi connectivity index (χ0) is 22.0. The standard InChI is InChI=1S/C25H26N2O4/c1-3-26(4-2)13-14-27-22(20-10-7-15-31-20)21(24(29)25(27)30)23(28)19-12-11-17-8-5-6-9-18(17)16-19/h5-12,15-16,22,28H,3-4,13-14H2,1-2H3/b23-21-. The zero-order valence-corrected chi connectivity index (χ0v) is 17.7. The molecule has 0 saturated carbocycles. The third-order valence-electron chi connectivity index (χ3n) is 5.93. The van der Waals surface area contributed by atoms with Crippen LogP contribution in [0.3, 0.4) is 0 Å². The number of aliphatic hydroxyl groups excluding tert-OH is 1. The van der Waals surface area contributed by atoms with Crippen molar-refractivity contribution in [1.29, 1.82) is 0 Å². The number of carbonyl (C=O) groups excluding carboxylic acids is 2. The molecule has 2 heterocycles. The number of rotatable bonds is 7. The maximum Gasteiger partial charge on any atom is 0.295 e. The molecular weight excluding hydrogens is 392 g/mol. The highest BCUT2D eigenvalue weighted by Crippen LogP contribution is 2.39. The topological polar surface area (TPSA) is 74.0 Å². The predicted octanol–water partition coefficient (Wildman–Crippen LogP) is 4.20. The number of hydrogen-bond acceptors (Lipinski definition) is 5. The lowest BCUT2D eigenvalue weighted by Crippen LogP contribution is -2.37. The normalized spacial score (nSPS) is 18.4. The van der Waals surface area contributed by atoms with Crippen LogP contribution in [-0.4, -0.2) is 52.8 Å². The Morgan fingerprint density at radius 3 is 2.45 bits per heavy atom. The number of nitrogens with zero attached hydrogens (tertiary/aromatic N) is 2. The molecule has 1 atom stereocenters. The number of amides is 1. The molecule has 2 aromatic carbocycles. The van der Waals surface area contributed by atoms with Crippen LogP contribution in [0.15, 0.2) is 70.9 Å². The summed E-state index contributed by atoms with van der Waals surface area (Å²) >= 11 is 0. The molecule has 0 aliphatic carbocycles. The van der Waals surface area contributed by atoms with Crippen LogP contribution in [0.2, 0.25) is 0 Å². The van der Waals surface area contributed by atoms with Crippen molar-refractivity contribution < 1.29 is 19.1 Å². The van der Waals surface area contributed by atoms with Gasteiger partial charge in [-0.1, -0.05) is 50.2 Å². The van der Waals surface area contributed by atoms with Crippen molar-refractivity contribution in [2.75, 3.05) is 26.2 Å². The number of likely N-dealkylation sites (N-methyl/N-ethyl adjacent to an activating group) is 1. The molecule has 1 unspecified atom stereocenters. The van der Waals surface area contributed by atoms with Crippen LogP contribution < -0.4 is 0 Å². The van der Waals surface area contributed by atoms with E-state index in [1.54, 1.807) is 18.2 Å². The first-order valence-electron chi connectivity index (χ1n) is 10.6. The lowest BCUT2D eigenvalue weighted by atomic mass is 9.98. The molecule has 3 aromatic rings. The molecule has 6 nitrogen and oxygen atoms in total. The Kier molecular flexibility index (Phi) is 5.91. The monoisotopic (exact) mass is 418 g/mol. The minimum absolute atomic E-state index is 0.0646. The molecule has 0 spiro atoms. The molecule has 1 fully saturated rings. The van der Waals surface area contributed by atoms with E-state index in [0.29, 0.717) is 24.4 Å². The second kappa shape index (κ2) is 8.78. The van der Waals surface area contributed by atoms with E-state index in [4.69, 9.17) is 4.42 Å². The van der Waals surface area contributed by atoms with Crippen LogP contribution >= 0.6 is 0 Å². The van der Waals surface area contributed by atoms with Crippen LogP contribution in [-0.2, 0) is 9.59 Å². The van der Waals surface area contributed by atoms with Gasteiger partial charge >= 0.3 is 0 Å². The number of likely N-dealkylation sites (tertiary alicyclic amines) is 1. The first-order chi connectivity index (χ1) is 15.0. The molecule has 6 heteroatoms. The molecule has 0 radical (unpaired) electrons. The van der Waals surface area contributed by atoms with Crippen molar-refractivity contribution in [2.24, 2.45) is 0 Å². The van der Waals surface area contributed by atoms with E-state index in [1.165, 1.54) is 11.2 Å². The third-order valence-corrected chi connectivity index (χ3v) is 5.93. The number of carbonyl (C=O) groups is 2. The molecular formula is C25H26N2O4. The number of fused-ring (bicyclic) bond motifs is 1. The maximum absolute atomic E-state index is 13.0. The molecule has 1 aliphatic heterocycles. The van der Waals surface area contributed by atoms with Gasteiger partial charge in [0.25, 0.3) is 11.7 Å². The van der Waals surface area contributed by atoms with Crippen molar-refractivity contribution >= 4 is 28.2 Å². The Bertz CT molecular complexity index is 1130. The van der Waals surface area contributed by atoms with Gasteiger partial charge in [-0.15, -0.1) is 0 Å². The first-order valence-corrected chi connectivity index (χ1v) is 10.6. The van der Waals surface area contributed by atoms with Gasteiger partial charge in [-0.3, -0.25) is 9.59 Å². The van der Waals surface area contributed by atoms with Gasteiger partial charge in [0.05, 0.1) is 11.8 Å². The summed E-state index contributed by atoms with van der Waals surface area (Å²) in [5.74, 6) is -1.03. The minimum atomic E-state index is -0.753. The fourth-order valence-electron chi connectivity index (χ4n) is 4.13. The maximum atomic E-state index is 13.0. The SMILES string of the molecule is CCN(CC)CCN1C(=O)C(=O)/C(=C(\O)c2ccc3ccccc3c2)C1c1ccco1. The van der Waals surface area contributed by atoms with Crippen LogP contribution in [0.25, 0.3) is 16.5 Å². The molecule has 1 saturated heterocycles. The average molecular weight is 418 g/mol. The molecule has 1 aliphatic rings. The number of furan rings is 1. The van der Waals surface area contributed by atoms with Crippen molar-refractivity contribution in [3.05, 3.63) is 77.8 Å². The summed E-state index contributed by atoms with van der Waals surface area (Å²) in [6.07, 6.45) is 1.51. The van der Waals surface area contributed by atoms with Gasteiger partial charge in [0.2, 0.25) is 0 Å². The van der Waals surface area contributed by atoms with E-state index in [1.807, 2.05) is 36.4 Å². The number of benzene rings is 2. The molecule has 0 bridgehead atoms. The number of aliphatic hydroxyl groups is 1. The summed E-state index contributed by atoms with van der Waals surface area (Å²) in [4.78, 5) is 29.6. The third kappa shape index (κ3) is 3.86. The van der Waals surface area contributed by atoms with Gasteiger partial charge in [0.1, 0.15) is 17.6 Å². The van der Waals surface area contributed by atoms with Gasteiger partial charge in [-0.2, -0.15) is 0 Å². The lowest BCUT2D eigenvalue weighted by Gasteiger charge is -2.26. The first kappa shape index (κ1) is 20.9. The van der Waals surface area contributed by atoms with E-state index in [-0.39, 0.29) is 11.3 Å². The van der Waals surface area contributed by atoms with E-state index >= 15 is 0 Å². The average Bonchev–Trinajstić information content (AvgIpc) is 3.41. The number of hydrogen-bond donors (Lipinski definition) is 1. The van der Waals surface area contributed by atoms with Crippen LogP contribution in [0.4, 0.5) is 0 Å². The van der Waals surface area contributed by atoms with Gasteiger partial charge in [0, 0.05) is 18.7 Å². The summed E-state index contributed by atoms with van der Waals surface area (Å²) in [5.41, 5.74) is 0.562. The number of ketones is 1. The van der Waals surface area contributed by atoms with Crippen molar-refractivity contribution in [3.63, 3.8) is 0 Å². The largest absolute Gasteiger partial charge is 0.507 e. The molecule has 4 rings (SSSR count). The van der Waals surface area contributed by atoms with Gasteiger partial charge in [-0.25, -0.2) is 0 Å². The number of Topliss-reactive ketones (excluding diaryl/α,β-unsaturated/α-hetero) is 1. The Hall–Kier alpha value is -3.38. The van der Waals surface area contributed by atoms with Crippen molar-refractivity contribution in [1.82, 2.24) is 9.80 Å². The summed E-state index contributed by atoms with van der Waals surface area (Å²) < 4.78 is 5.59. The zero-order valence-electron chi connectivity index (χ0n) is 17.7. The van der Waals surface area contributed by atoms with E-state index in [0.717, 1.165) is 23.9 Å². The summed E-state index contributed by atoms with van der Waals surface area (Å²) in [6, 6.07) is 16.0. The summed E-state index contributed by atoms with van der Waals surface area (Å²) in [7, 11) is 0. The van der Waals surface area contributed by atoms with Gasteiger partial charge in [0.15, 0.2) is 0 Å². The second-order valence-corrected chi connectivity index (χ2v) is 7.60. The molecule has 1 aromatic heterocycles. The predicted molar refractivity (Wildman–Crippen MR) is 119 cm³/mol. The highest BCUT2D eigenvalue weighted by Gasteiger charge is 2.47. The molecule has 1 amide bonds. The van der Waals surface area contributed by atoms with Gasteiger partial charge in [-0.05, 0) is 42.1 Å². The van der Waals surface area contributed by atoms with E-state index < -0.39 is 17.7 Å². The fraction of sp³-hybridized carbons (Fsp3) is 0.280. The van der Waals surface area contributed by atoms with Crippen molar-refractivity contribution in [3.8, 4) is 0 Å². The van der Waals surface area contributed by atoms with Gasteiger partial charge < -0.3 is 19.3 Å². The smallest absolute Gasteiger partial charge is 0.295 e. The quantitative estimate of drug-likeness (QED) is 0.354. The Balaban J connectivity index is 1.78.